The number of halogens is 1. The van der Waals surface area contributed by atoms with Crippen molar-refractivity contribution >= 4 is 24.0 Å². The van der Waals surface area contributed by atoms with E-state index in [1.807, 2.05) is 17.0 Å². The summed E-state index contributed by atoms with van der Waals surface area (Å²) in [6.45, 7) is 6.69. The quantitative estimate of drug-likeness (QED) is 0.802. The van der Waals surface area contributed by atoms with Crippen LogP contribution in [-0.2, 0) is 6.54 Å². The van der Waals surface area contributed by atoms with Crippen LogP contribution in [0, 0.1) is 18.7 Å². The molecule has 7 nitrogen and oxygen atoms in total. The van der Waals surface area contributed by atoms with Crippen LogP contribution < -0.4 is 5.32 Å². The Bertz CT molecular complexity index is 1030. The predicted molar refractivity (Wildman–Crippen MR) is 116 cm³/mol. The maximum absolute atomic E-state index is 13.1. The molecule has 1 aromatic heterocycles. The number of hydrogen-bond donors (Lipinski definition) is 1. The molecule has 1 amide bonds. The summed E-state index contributed by atoms with van der Waals surface area (Å²) in [5.41, 5.74) is 2.38. The molecular formula is C23H26FN5O2. The van der Waals surface area contributed by atoms with Crippen molar-refractivity contribution in [3.8, 4) is 0 Å². The van der Waals surface area contributed by atoms with Gasteiger partial charge in [0.05, 0.1) is 17.7 Å². The molecule has 4 heterocycles. The minimum Gasteiger partial charge on any atom is -0.442 e. The first-order valence-electron chi connectivity index (χ1n) is 10.8. The number of aliphatic imine (C=N–C) groups is 2. The highest BCUT2D eigenvalue weighted by atomic mass is 19.1. The first-order chi connectivity index (χ1) is 15.1. The third-order valence-electron chi connectivity index (χ3n) is 6.28. The topological polar surface area (TPSA) is 73.4 Å². The molecule has 1 aromatic carbocycles. The number of likely N-dealkylation sites (tertiary alicyclic amines) is 1. The number of fused-ring (bicyclic) bond motifs is 3. The second kappa shape index (κ2) is 8.26. The molecule has 2 aromatic rings. The lowest BCUT2D eigenvalue weighted by molar-refractivity contribution is 0.0933. The van der Waals surface area contributed by atoms with Crippen LogP contribution in [0.1, 0.15) is 40.1 Å². The number of aryl methyl sites for hydroxylation is 1. The van der Waals surface area contributed by atoms with Crippen molar-refractivity contribution in [2.24, 2.45) is 15.9 Å². The summed E-state index contributed by atoms with van der Waals surface area (Å²) in [6, 6.07) is 6.70. The van der Waals surface area contributed by atoms with E-state index < -0.39 is 0 Å². The number of carbonyl (C=O) groups is 1. The largest absolute Gasteiger partial charge is 0.442 e. The van der Waals surface area contributed by atoms with Crippen molar-refractivity contribution in [1.29, 1.82) is 0 Å². The van der Waals surface area contributed by atoms with E-state index in [1.165, 1.54) is 12.1 Å². The highest BCUT2D eigenvalue weighted by Gasteiger charge is 2.33. The summed E-state index contributed by atoms with van der Waals surface area (Å²) in [4.78, 5) is 26.3. The molecule has 8 heteroatoms. The van der Waals surface area contributed by atoms with Gasteiger partial charge >= 0.3 is 0 Å². The Morgan fingerprint density at radius 3 is 2.77 bits per heavy atom. The van der Waals surface area contributed by atoms with Gasteiger partial charge in [0.1, 0.15) is 23.8 Å². The van der Waals surface area contributed by atoms with Crippen molar-refractivity contribution in [3.05, 3.63) is 52.5 Å². The van der Waals surface area contributed by atoms with Crippen LogP contribution in [0.5, 0.6) is 0 Å². The van der Waals surface area contributed by atoms with Gasteiger partial charge in [0, 0.05) is 19.6 Å². The average Bonchev–Trinajstić information content (AvgIpc) is 3.38. The second-order valence-electron chi connectivity index (χ2n) is 8.41. The Morgan fingerprint density at radius 1 is 1.23 bits per heavy atom. The predicted octanol–water partition coefficient (Wildman–Crippen LogP) is 3.10. The van der Waals surface area contributed by atoms with Gasteiger partial charge in [-0.2, -0.15) is 0 Å². The fourth-order valence-electron chi connectivity index (χ4n) is 4.54. The SMILES string of the molecule is Cc1oc2c(c1C(=O)NCC1CCN(Cc3ccc(F)cc3)CC1)C1=NCCN1C=N2. The van der Waals surface area contributed by atoms with Crippen LogP contribution in [0.4, 0.5) is 10.3 Å². The van der Waals surface area contributed by atoms with Crippen molar-refractivity contribution in [1.82, 2.24) is 15.1 Å². The second-order valence-corrected chi connectivity index (χ2v) is 8.41. The fraction of sp³-hybridized carbons (Fsp3) is 0.435. The van der Waals surface area contributed by atoms with Crippen LogP contribution in [0.15, 0.2) is 38.7 Å². The molecular weight excluding hydrogens is 397 g/mol. The van der Waals surface area contributed by atoms with E-state index in [-0.39, 0.29) is 11.7 Å². The highest BCUT2D eigenvalue weighted by Crippen LogP contribution is 2.34. The zero-order valence-electron chi connectivity index (χ0n) is 17.6. The van der Waals surface area contributed by atoms with Gasteiger partial charge in [-0.15, -0.1) is 0 Å². The summed E-state index contributed by atoms with van der Waals surface area (Å²) in [5, 5.41) is 3.11. The summed E-state index contributed by atoms with van der Waals surface area (Å²) in [6.07, 6.45) is 3.77. The molecule has 162 valence electrons. The van der Waals surface area contributed by atoms with Gasteiger partial charge in [0.15, 0.2) is 0 Å². The number of carbonyl (C=O) groups excluding carboxylic acids is 1. The van der Waals surface area contributed by atoms with Crippen molar-refractivity contribution < 1.29 is 13.6 Å². The standard InChI is InChI=1S/C23H26FN5O2/c1-15-19(20-21-25-8-11-29(21)14-27-23(20)31-15)22(30)26-12-16-6-9-28(10-7-16)13-17-2-4-18(24)5-3-17/h2-5,14,16H,6-13H2,1H3,(H,26,30). The molecule has 3 aliphatic rings. The van der Waals surface area contributed by atoms with E-state index in [0.29, 0.717) is 41.8 Å². The highest BCUT2D eigenvalue weighted by molar-refractivity contribution is 6.17. The Kier molecular flexibility index (Phi) is 5.31. The Labute approximate surface area is 180 Å². The number of piperidine rings is 1. The summed E-state index contributed by atoms with van der Waals surface area (Å²) >= 11 is 0. The average molecular weight is 423 g/mol. The van der Waals surface area contributed by atoms with Gasteiger partial charge in [0.25, 0.3) is 5.91 Å². The zero-order chi connectivity index (χ0) is 21.4. The minimum absolute atomic E-state index is 0.122. The number of rotatable bonds is 5. The molecule has 0 aliphatic carbocycles. The van der Waals surface area contributed by atoms with E-state index in [0.717, 1.165) is 50.4 Å². The number of nitrogens with zero attached hydrogens (tertiary/aromatic N) is 4. The fourth-order valence-corrected chi connectivity index (χ4v) is 4.54. The molecule has 3 aliphatic heterocycles. The van der Waals surface area contributed by atoms with Gasteiger partial charge < -0.3 is 14.6 Å². The van der Waals surface area contributed by atoms with Gasteiger partial charge in [0.2, 0.25) is 5.88 Å². The van der Waals surface area contributed by atoms with Crippen molar-refractivity contribution in [2.45, 2.75) is 26.3 Å². The molecule has 5 rings (SSSR count). The first kappa shape index (κ1) is 19.9. The normalized spacial score (nSPS) is 18.6. The Morgan fingerprint density at radius 2 is 2.00 bits per heavy atom. The minimum atomic E-state index is -0.202. The summed E-state index contributed by atoms with van der Waals surface area (Å²) < 4.78 is 18.8. The van der Waals surface area contributed by atoms with Crippen LogP contribution in [0.3, 0.4) is 0 Å². The number of furan rings is 1. The van der Waals surface area contributed by atoms with Crippen LogP contribution >= 0.6 is 0 Å². The van der Waals surface area contributed by atoms with E-state index in [1.54, 1.807) is 13.3 Å². The van der Waals surface area contributed by atoms with Crippen molar-refractivity contribution in [2.75, 3.05) is 32.7 Å². The smallest absolute Gasteiger partial charge is 0.255 e. The lowest BCUT2D eigenvalue weighted by Gasteiger charge is -2.32. The summed E-state index contributed by atoms with van der Waals surface area (Å²) in [5.74, 6) is 1.93. The number of nitrogens with one attached hydrogen (secondary N) is 1. The Balaban J connectivity index is 1.17. The number of amides is 1. The maximum atomic E-state index is 13.1. The summed E-state index contributed by atoms with van der Waals surface area (Å²) in [7, 11) is 0. The molecule has 0 saturated carbocycles. The molecule has 1 saturated heterocycles. The van der Waals surface area contributed by atoms with Gasteiger partial charge in [-0.1, -0.05) is 12.1 Å². The first-order valence-corrected chi connectivity index (χ1v) is 10.8. The lowest BCUT2D eigenvalue weighted by Crippen LogP contribution is -2.39. The van der Waals surface area contributed by atoms with Gasteiger partial charge in [-0.05, 0) is 56.5 Å². The number of amidine groups is 1. The van der Waals surface area contributed by atoms with E-state index >= 15 is 0 Å². The maximum Gasteiger partial charge on any atom is 0.255 e. The lowest BCUT2D eigenvalue weighted by atomic mass is 9.96. The molecule has 0 radical (unpaired) electrons. The van der Waals surface area contributed by atoms with Crippen LogP contribution in [0.25, 0.3) is 0 Å². The number of benzene rings is 1. The third kappa shape index (κ3) is 3.99. The van der Waals surface area contributed by atoms with E-state index in [4.69, 9.17) is 4.42 Å². The molecule has 1 N–H and O–H groups in total. The van der Waals surface area contributed by atoms with Gasteiger partial charge in [-0.25, -0.2) is 9.38 Å². The number of hydrogen-bond acceptors (Lipinski definition) is 6. The van der Waals surface area contributed by atoms with E-state index in [9.17, 15) is 9.18 Å². The molecule has 0 atom stereocenters. The molecule has 31 heavy (non-hydrogen) atoms. The van der Waals surface area contributed by atoms with Crippen LogP contribution in [-0.4, -0.2) is 60.6 Å². The molecule has 0 spiro atoms. The van der Waals surface area contributed by atoms with E-state index in [2.05, 4.69) is 20.2 Å². The monoisotopic (exact) mass is 423 g/mol. The Hall–Kier alpha value is -3.00. The zero-order valence-corrected chi connectivity index (χ0v) is 17.6. The van der Waals surface area contributed by atoms with Crippen molar-refractivity contribution in [3.63, 3.8) is 0 Å². The molecule has 0 bridgehead atoms. The molecule has 1 fully saturated rings. The van der Waals surface area contributed by atoms with Gasteiger partial charge in [-0.3, -0.25) is 14.7 Å². The molecule has 0 unspecified atom stereocenters. The third-order valence-corrected chi connectivity index (χ3v) is 6.28. The van der Waals surface area contributed by atoms with Crippen LogP contribution in [0.2, 0.25) is 0 Å².